The molecule has 1 aromatic carbocycles. The van der Waals surface area contributed by atoms with Gasteiger partial charge >= 0.3 is 5.97 Å². The number of thioether (sulfide) groups is 1. The maximum atomic E-state index is 13.9. The third-order valence-electron chi connectivity index (χ3n) is 5.91. The zero-order chi connectivity index (χ0) is 21.8. The van der Waals surface area contributed by atoms with Crippen LogP contribution >= 0.6 is 11.8 Å². The number of carbonyl (C=O) groups is 1. The first-order chi connectivity index (χ1) is 14.1. The molecule has 2 aliphatic rings. The zero-order valence-corrected chi connectivity index (χ0v) is 19.3. The van der Waals surface area contributed by atoms with E-state index in [1.165, 1.54) is 16.1 Å². The Morgan fingerprint density at radius 3 is 2.53 bits per heavy atom. The van der Waals surface area contributed by atoms with E-state index in [1.807, 2.05) is 32.0 Å². The van der Waals surface area contributed by atoms with Gasteiger partial charge < -0.3 is 5.11 Å². The predicted octanol–water partition coefficient (Wildman–Crippen LogP) is 3.42. The molecular weight excluding hydrogens is 422 g/mol. The average molecular weight is 450 g/mol. The lowest BCUT2D eigenvalue weighted by Crippen LogP contribution is -2.43. The number of nitrogens with zero attached hydrogens (tertiary/aromatic N) is 3. The second-order valence-corrected chi connectivity index (χ2v) is 11.3. The monoisotopic (exact) mass is 449 g/mol. The van der Waals surface area contributed by atoms with E-state index in [9.17, 15) is 18.3 Å². The molecule has 1 N–H and O–H groups in total. The van der Waals surface area contributed by atoms with Gasteiger partial charge in [-0.3, -0.25) is 9.48 Å². The fourth-order valence-electron chi connectivity index (χ4n) is 4.18. The van der Waals surface area contributed by atoms with E-state index in [-0.39, 0.29) is 10.6 Å². The highest BCUT2D eigenvalue weighted by atomic mass is 32.2. The highest BCUT2D eigenvalue weighted by Crippen LogP contribution is 2.46. The molecule has 7 nitrogen and oxygen atoms in total. The second kappa shape index (κ2) is 7.69. The van der Waals surface area contributed by atoms with Gasteiger partial charge in [-0.1, -0.05) is 23.8 Å². The summed E-state index contributed by atoms with van der Waals surface area (Å²) in [6.45, 7) is 8.08. The van der Waals surface area contributed by atoms with Crippen LogP contribution in [0.4, 0.5) is 0 Å². The van der Waals surface area contributed by atoms with Crippen LogP contribution in [0.15, 0.2) is 23.1 Å². The number of hydrogen-bond donors (Lipinski definition) is 1. The van der Waals surface area contributed by atoms with Crippen LogP contribution < -0.4 is 0 Å². The number of hydrogen-bond acceptors (Lipinski definition) is 5. The van der Waals surface area contributed by atoms with Crippen LogP contribution in [0.1, 0.15) is 46.3 Å². The number of aliphatic carboxylic acids is 1. The minimum atomic E-state index is -4.06. The third kappa shape index (κ3) is 3.67. The molecule has 1 aliphatic carbocycles. The number of carboxylic acids is 1. The van der Waals surface area contributed by atoms with Crippen LogP contribution in [0.2, 0.25) is 0 Å². The molecule has 4 rings (SSSR count). The molecule has 1 saturated carbocycles. The number of sulfonamides is 1. The summed E-state index contributed by atoms with van der Waals surface area (Å²) in [6, 6.07) is 4.73. The summed E-state index contributed by atoms with van der Waals surface area (Å²) in [5, 5.41) is 13.7. The van der Waals surface area contributed by atoms with E-state index in [0.29, 0.717) is 23.9 Å². The Hall–Kier alpha value is -1.84. The van der Waals surface area contributed by atoms with Gasteiger partial charge in [-0.25, -0.2) is 8.42 Å². The van der Waals surface area contributed by atoms with Crippen LogP contribution in [0.5, 0.6) is 0 Å². The van der Waals surface area contributed by atoms with Crippen LogP contribution in [0.3, 0.4) is 0 Å². The highest BCUT2D eigenvalue weighted by Gasteiger charge is 2.49. The molecule has 2 aromatic rings. The van der Waals surface area contributed by atoms with Crippen molar-refractivity contribution in [2.75, 3.05) is 5.75 Å². The quantitative estimate of drug-likeness (QED) is 0.726. The minimum absolute atomic E-state index is 0.145. The van der Waals surface area contributed by atoms with Crippen LogP contribution in [0, 0.1) is 33.6 Å². The van der Waals surface area contributed by atoms with Crippen LogP contribution in [0.25, 0.3) is 0 Å². The fraction of sp³-hybridized carbons (Fsp3) is 0.524. The molecule has 1 aliphatic heterocycles. The van der Waals surface area contributed by atoms with Crippen molar-refractivity contribution in [1.29, 1.82) is 0 Å². The Labute approximate surface area is 181 Å². The van der Waals surface area contributed by atoms with Gasteiger partial charge in [-0.15, -0.1) is 11.8 Å². The molecule has 162 valence electrons. The minimum Gasteiger partial charge on any atom is -0.480 e. The lowest BCUT2D eigenvalue weighted by molar-refractivity contribution is -0.140. The van der Waals surface area contributed by atoms with Crippen molar-refractivity contribution in [3.63, 3.8) is 0 Å². The second-order valence-electron chi connectivity index (χ2n) is 8.36. The van der Waals surface area contributed by atoms with Gasteiger partial charge in [0.05, 0.1) is 16.8 Å². The Morgan fingerprint density at radius 1 is 1.23 bits per heavy atom. The molecule has 2 heterocycles. The molecule has 0 radical (unpaired) electrons. The van der Waals surface area contributed by atoms with Crippen molar-refractivity contribution < 1.29 is 18.3 Å². The van der Waals surface area contributed by atoms with Gasteiger partial charge in [0.2, 0.25) is 10.0 Å². The highest BCUT2D eigenvalue weighted by molar-refractivity contribution is 8.01. The largest absolute Gasteiger partial charge is 0.480 e. The van der Waals surface area contributed by atoms with Crippen LogP contribution in [-0.4, -0.2) is 45.4 Å². The van der Waals surface area contributed by atoms with E-state index >= 15 is 0 Å². The normalized spacial score (nSPS) is 22.5. The molecule has 0 spiro atoms. The SMILES string of the molecule is Cc1ccc(C2SCC(C(=O)O)N2S(=O)(=O)c2c(C)nn(CC3CC3)c2C)c(C)c1. The molecule has 1 aromatic heterocycles. The van der Waals surface area contributed by atoms with Crippen molar-refractivity contribution in [3.8, 4) is 0 Å². The van der Waals surface area contributed by atoms with E-state index in [2.05, 4.69) is 5.10 Å². The number of carboxylic acid groups (broad SMARTS) is 1. The first-order valence-electron chi connectivity index (χ1n) is 10.1. The van der Waals surface area contributed by atoms with Gasteiger partial charge in [0.15, 0.2) is 0 Å². The standard InChI is InChI=1S/C21H27N3O4S2/c1-12-5-8-17(13(2)9-12)20-24(18(11-29-20)21(25)26)30(27,28)19-14(3)22-23(15(19)4)10-16-6-7-16/h5,8-9,16,18,20H,6-7,10-11H2,1-4H3,(H,25,26). The molecule has 0 bridgehead atoms. The smallest absolute Gasteiger partial charge is 0.322 e. The Morgan fingerprint density at radius 2 is 1.93 bits per heavy atom. The first kappa shape index (κ1) is 21.4. The predicted molar refractivity (Wildman–Crippen MR) is 116 cm³/mol. The van der Waals surface area contributed by atoms with Gasteiger partial charge in [0, 0.05) is 12.3 Å². The molecule has 2 atom stereocenters. The summed E-state index contributed by atoms with van der Waals surface area (Å²) in [6.07, 6.45) is 2.28. The zero-order valence-electron chi connectivity index (χ0n) is 17.6. The molecule has 2 unspecified atom stereocenters. The number of rotatable bonds is 6. The topological polar surface area (TPSA) is 92.5 Å². The summed E-state index contributed by atoms with van der Waals surface area (Å²) >= 11 is 1.36. The van der Waals surface area contributed by atoms with Crippen molar-refractivity contribution in [3.05, 3.63) is 46.3 Å². The summed E-state index contributed by atoms with van der Waals surface area (Å²) < 4.78 is 30.7. The molecular formula is C21H27N3O4S2. The lowest BCUT2D eigenvalue weighted by Gasteiger charge is -2.28. The van der Waals surface area contributed by atoms with E-state index in [4.69, 9.17) is 0 Å². The number of benzene rings is 1. The van der Waals surface area contributed by atoms with E-state index < -0.39 is 27.4 Å². The fourth-order valence-corrected chi connectivity index (χ4v) is 8.17. The molecule has 9 heteroatoms. The van der Waals surface area contributed by atoms with Crippen molar-refractivity contribution in [2.24, 2.45) is 5.92 Å². The van der Waals surface area contributed by atoms with Gasteiger partial charge in [0.25, 0.3) is 0 Å². The van der Waals surface area contributed by atoms with E-state index in [0.717, 1.165) is 29.5 Å². The maximum absolute atomic E-state index is 13.9. The molecule has 2 fully saturated rings. The summed E-state index contributed by atoms with van der Waals surface area (Å²) in [5.41, 5.74) is 3.88. The van der Waals surface area contributed by atoms with Gasteiger partial charge in [0.1, 0.15) is 10.9 Å². The average Bonchev–Trinajstić information content (AvgIpc) is 3.26. The van der Waals surface area contributed by atoms with Gasteiger partial charge in [-0.2, -0.15) is 9.40 Å². The Bertz CT molecular complexity index is 1110. The molecule has 30 heavy (non-hydrogen) atoms. The summed E-state index contributed by atoms with van der Waals surface area (Å²) in [5.74, 6) is -0.365. The summed E-state index contributed by atoms with van der Waals surface area (Å²) in [4.78, 5) is 12.1. The van der Waals surface area contributed by atoms with Gasteiger partial charge in [-0.05, 0) is 57.6 Å². The van der Waals surface area contributed by atoms with Crippen molar-refractivity contribution in [2.45, 2.75) is 63.4 Å². The van der Waals surface area contributed by atoms with Crippen molar-refractivity contribution >= 4 is 27.8 Å². The lowest BCUT2D eigenvalue weighted by atomic mass is 10.1. The molecule has 1 saturated heterocycles. The number of aromatic nitrogens is 2. The Balaban J connectivity index is 1.81. The van der Waals surface area contributed by atoms with E-state index in [1.54, 1.807) is 18.5 Å². The maximum Gasteiger partial charge on any atom is 0.322 e. The summed E-state index contributed by atoms with van der Waals surface area (Å²) in [7, 11) is -4.06. The number of aryl methyl sites for hydroxylation is 3. The molecule has 0 amide bonds. The first-order valence-corrected chi connectivity index (χ1v) is 12.6. The third-order valence-corrected chi connectivity index (χ3v) is 9.47. The van der Waals surface area contributed by atoms with Crippen molar-refractivity contribution in [1.82, 2.24) is 14.1 Å². The Kier molecular flexibility index (Phi) is 5.48. The van der Waals surface area contributed by atoms with Crippen LogP contribution in [-0.2, 0) is 21.4 Å².